The Kier molecular flexibility index (Phi) is 7.81. The van der Waals surface area contributed by atoms with Gasteiger partial charge in [0.05, 0.1) is 0 Å². The lowest BCUT2D eigenvalue weighted by atomic mass is 9.91. The van der Waals surface area contributed by atoms with E-state index in [1.54, 1.807) is 0 Å². The topological polar surface area (TPSA) is 38.7 Å². The van der Waals surface area contributed by atoms with Crippen molar-refractivity contribution in [3.63, 3.8) is 0 Å². The number of nitrogens with zero attached hydrogens (tertiary/aromatic N) is 3. The third-order valence-electron chi connectivity index (χ3n) is 10.3. The molecule has 0 bridgehead atoms. The summed E-state index contributed by atoms with van der Waals surface area (Å²) in [6.45, 7) is 0. The second-order valence-electron chi connectivity index (χ2n) is 13.6. The SMILES string of the molecule is c1ccc(-c2cccc(-c3nc(-c4ccccc4)nc(-c4ccccc4-c4cccc(-c5ccc6c7ccccc7c7ccccc7c6c5)c4)n3)c2)cc1. The predicted molar refractivity (Wildman–Crippen MR) is 225 cm³/mol. The van der Waals surface area contributed by atoms with E-state index in [1.807, 2.05) is 36.4 Å². The van der Waals surface area contributed by atoms with Crippen LogP contribution in [0.4, 0.5) is 0 Å². The zero-order valence-corrected chi connectivity index (χ0v) is 29.4. The quantitative estimate of drug-likeness (QED) is 0.163. The maximum absolute atomic E-state index is 5.17. The summed E-state index contributed by atoms with van der Waals surface area (Å²) in [5.41, 5.74) is 9.58. The van der Waals surface area contributed by atoms with Gasteiger partial charge >= 0.3 is 0 Å². The van der Waals surface area contributed by atoms with Crippen LogP contribution in [0.2, 0.25) is 0 Å². The molecule has 0 saturated carbocycles. The molecule has 0 aliphatic carbocycles. The summed E-state index contributed by atoms with van der Waals surface area (Å²) in [6.07, 6.45) is 0. The Labute approximate surface area is 313 Å². The maximum atomic E-state index is 5.17. The Bertz CT molecular complexity index is 2950. The molecule has 0 unspecified atom stereocenters. The lowest BCUT2D eigenvalue weighted by Gasteiger charge is -2.14. The van der Waals surface area contributed by atoms with Crippen LogP contribution >= 0.6 is 0 Å². The van der Waals surface area contributed by atoms with Crippen molar-refractivity contribution in [2.24, 2.45) is 0 Å². The fourth-order valence-electron chi connectivity index (χ4n) is 7.69. The molecule has 1 heterocycles. The molecular weight excluding hydrogens is 655 g/mol. The van der Waals surface area contributed by atoms with Gasteiger partial charge in [-0.15, -0.1) is 0 Å². The zero-order chi connectivity index (χ0) is 35.8. The monoisotopic (exact) mass is 687 g/mol. The second kappa shape index (κ2) is 13.4. The van der Waals surface area contributed by atoms with Gasteiger partial charge in [-0.25, -0.2) is 15.0 Å². The fourth-order valence-corrected chi connectivity index (χ4v) is 7.69. The second-order valence-corrected chi connectivity index (χ2v) is 13.6. The molecule has 54 heavy (non-hydrogen) atoms. The van der Waals surface area contributed by atoms with Crippen molar-refractivity contribution in [3.05, 3.63) is 200 Å². The van der Waals surface area contributed by atoms with Crippen LogP contribution in [0.15, 0.2) is 200 Å². The van der Waals surface area contributed by atoms with Crippen LogP contribution in [0.25, 0.3) is 99.9 Å². The van der Waals surface area contributed by atoms with Crippen LogP contribution < -0.4 is 0 Å². The molecule has 10 aromatic rings. The highest BCUT2D eigenvalue weighted by Crippen LogP contribution is 2.39. The highest BCUT2D eigenvalue weighted by molar-refractivity contribution is 6.25. The third-order valence-corrected chi connectivity index (χ3v) is 10.3. The molecule has 0 radical (unpaired) electrons. The average molecular weight is 688 g/mol. The fraction of sp³-hybridized carbons (Fsp3) is 0. The number of benzene rings is 9. The Morgan fingerprint density at radius 3 is 1.28 bits per heavy atom. The van der Waals surface area contributed by atoms with Crippen molar-refractivity contribution < 1.29 is 0 Å². The summed E-state index contributed by atoms with van der Waals surface area (Å²) in [5.74, 6) is 1.91. The summed E-state index contributed by atoms with van der Waals surface area (Å²) < 4.78 is 0. The van der Waals surface area contributed by atoms with Crippen LogP contribution in [-0.4, -0.2) is 15.0 Å². The molecule has 0 fully saturated rings. The van der Waals surface area contributed by atoms with E-state index in [0.29, 0.717) is 17.5 Å². The molecule has 0 atom stereocenters. The lowest BCUT2D eigenvalue weighted by Crippen LogP contribution is -2.01. The highest BCUT2D eigenvalue weighted by atomic mass is 15.0. The minimum Gasteiger partial charge on any atom is -0.208 e. The van der Waals surface area contributed by atoms with E-state index >= 15 is 0 Å². The molecule has 0 saturated heterocycles. The number of hydrogen-bond acceptors (Lipinski definition) is 3. The molecule has 3 heteroatoms. The van der Waals surface area contributed by atoms with Crippen molar-refractivity contribution in [3.8, 4) is 67.5 Å². The summed E-state index contributed by atoms with van der Waals surface area (Å²) >= 11 is 0. The molecule has 252 valence electrons. The average Bonchev–Trinajstić information content (AvgIpc) is 3.27. The van der Waals surface area contributed by atoms with Gasteiger partial charge in [0.1, 0.15) is 0 Å². The van der Waals surface area contributed by atoms with Gasteiger partial charge in [-0.3, -0.25) is 0 Å². The Morgan fingerprint density at radius 1 is 0.204 bits per heavy atom. The van der Waals surface area contributed by atoms with Crippen molar-refractivity contribution >= 4 is 32.3 Å². The number of hydrogen-bond donors (Lipinski definition) is 0. The van der Waals surface area contributed by atoms with Crippen LogP contribution in [-0.2, 0) is 0 Å². The Balaban J connectivity index is 1.10. The van der Waals surface area contributed by atoms with Crippen molar-refractivity contribution in [2.45, 2.75) is 0 Å². The predicted octanol–water partition coefficient (Wildman–Crippen LogP) is 13.3. The van der Waals surface area contributed by atoms with E-state index in [1.165, 1.54) is 37.9 Å². The summed E-state index contributed by atoms with van der Waals surface area (Å²) in [5, 5.41) is 7.63. The molecule has 0 aliphatic heterocycles. The first-order chi connectivity index (χ1) is 26.8. The first-order valence-corrected chi connectivity index (χ1v) is 18.3. The molecule has 0 spiro atoms. The van der Waals surface area contributed by atoms with E-state index < -0.39 is 0 Å². The van der Waals surface area contributed by atoms with Crippen LogP contribution in [0.1, 0.15) is 0 Å². The van der Waals surface area contributed by atoms with E-state index in [9.17, 15) is 0 Å². The smallest absolute Gasteiger partial charge is 0.164 e. The summed E-state index contributed by atoms with van der Waals surface area (Å²) in [7, 11) is 0. The standard InChI is InChI=1S/C51H33N3/c1-3-15-34(16-4-1)36-19-14-22-40(32-36)50-52-49(35-17-5-2-6-18-35)53-51(54-50)47-28-12-7-23-41(47)39-21-13-20-37(31-39)38-29-30-46-44-26-9-8-24-42(44)43-25-10-11-27-45(43)48(46)33-38/h1-33H. The molecular formula is C51H33N3. The van der Waals surface area contributed by atoms with Gasteiger partial charge in [-0.1, -0.05) is 182 Å². The Morgan fingerprint density at radius 2 is 0.611 bits per heavy atom. The summed E-state index contributed by atoms with van der Waals surface area (Å²) in [4.78, 5) is 15.3. The highest BCUT2D eigenvalue weighted by Gasteiger charge is 2.17. The van der Waals surface area contributed by atoms with Gasteiger partial charge in [0.25, 0.3) is 0 Å². The van der Waals surface area contributed by atoms with Gasteiger partial charge in [0, 0.05) is 16.7 Å². The number of fused-ring (bicyclic) bond motifs is 6. The number of aromatic nitrogens is 3. The zero-order valence-electron chi connectivity index (χ0n) is 29.4. The van der Waals surface area contributed by atoms with Gasteiger partial charge in [0.15, 0.2) is 17.5 Å². The van der Waals surface area contributed by atoms with Crippen LogP contribution in [0, 0.1) is 0 Å². The first-order valence-electron chi connectivity index (χ1n) is 18.3. The van der Waals surface area contributed by atoms with E-state index in [4.69, 9.17) is 15.0 Å². The normalized spacial score (nSPS) is 11.3. The van der Waals surface area contributed by atoms with Crippen molar-refractivity contribution in [1.82, 2.24) is 15.0 Å². The number of rotatable bonds is 6. The molecule has 3 nitrogen and oxygen atoms in total. The van der Waals surface area contributed by atoms with E-state index in [0.717, 1.165) is 44.5 Å². The molecule has 1 aromatic heterocycles. The van der Waals surface area contributed by atoms with Gasteiger partial charge < -0.3 is 0 Å². The van der Waals surface area contributed by atoms with Gasteiger partial charge in [-0.2, -0.15) is 0 Å². The third kappa shape index (κ3) is 5.69. The van der Waals surface area contributed by atoms with Gasteiger partial charge in [0.2, 0.25) is 0 Å². The molecule has 0 aliphatic rings. The minimum absolute atomic E-state index is 0.633. The van der Waals surface area contributed by atoms with Crippen molar-refractivity contribution in [1.29, 1.82) is 0 Å². The van der Waals surface area contributed by atoms with Gasteiger partial charge in [-0.05, 0) is 83.9 Å². The largest absolute Gasteiger partial charge is 0.208 e. The van der Waals surface area contributed by atoms with Crippen molar-refractivity contribution in [2.75, 3.05) is 0 Å². The van der Waals surface area contributed by atoms with E-state index in [2.05, 4.69) is 164 Å². The minimum atomic E-state index is 0.633. The van der Waals surface area contributed by atoms with Crippen LogP contribution in [0.3, 0.4) is 0 Å². The lowest BCUT2D eigenvalue weighted by molar-refractivity contribution is 1.07. The Hall–Kier alpha value is -7.23. The van der Waals surface area contributed by atoms with E-state index in [-0.39, 0.29) is 0 Å². The van der Waals surface area contributed by atoms with Crippen LogP contribution in [0.5, 0.6) is 0 Å². The first kappa shape index (κ1) is 31.5. The molecule has 0 amide bonds. The maximum Gasteiger partial charge on any atom is 0.164 e. The molecule has 10 rings (SSSR count). The molecule has 0 N–H and O–H groups in total. The summed E-state index contributed by atoms with van der Waals surface area (Å²) in [6, 6.07) is 70.6. The molecule has 9 aromatic carbocycles.